The van der Waals surface area contributed by atoms with Crippen LogP contribution in [0.5, 0.6) is 5.75 Å². The molecule has 0 N–H and O–H groups in total. The minimum absolute atomic E-state index is 0.0986. The SMILES string of the molecule is COc1ccc2c(c1)CC(=Cc1cccnc1)C2=O. The fourth-order valence-corrected chi connectivity index (χ4v) is 2.30. The largest absolute Gasteiger partial charge is 0.497 e. The zero-order valence-corrected chi connectivity index (χ0v) is 10.6. The monoisotopic (exact) mass is 251 g/mol. The first-order chi connectivity index (χ1) is 9.28. The number of methoxy groups -OCH3 is 1. The van der Waals surface area contributed by atoms with Crippen molar-refractivity contribution in [1.82, 2.24) is 4.98 Å². The molecule has 0 unspecified atom stereocenters. The van der Waals surface area contributed by atoms with Gasteiger partial charge in [-0.1, -0.05) is 6.07 Å². The fraction of sp³-hybridized carbons (Fsp3) is 0.125. The van der Waals surface area contributed by atoms with E-state index >= 15 is 0 Å². The lowest BCUT2D eigenvalue weighted by Gasteiger charge is -2.01. The molecule has 0 amide bonds. The van der Waals surface area contributed by atoms with Crippen molar-refractivity contribution >= 4 is 11.9 Å². The molecule has 0 aliphatic heterocycles. The summed E-state index contributed by atoms with van der Waals surface area (Å²) in [4.78, 5) is 16.3. The van der Waals surface area contributed by atoms with Crippen molar-refractivity contribution in [3.63, 3.8) is 0 Å². The average molecular weight is 251 g/mol. The van der Waals surface area contributed by atoms with Gasteiger partial charge in [-0.3, -0.25) is 9.78 Å². The molecular weight excluding hydrogens is 238 g/mol. The van der Waals surface area contributed by atoms with E-state index in [1.807, 2.05) is 36.4 Å². The predicted octanol–water partition coefficient (Wildman–Crippen LogP) is 2.91. The Bertz CT molecular complexity index is 660. The quantitative estimate of drug-likeness (QED) is 0.770. The smallest absolute Gasteiger partial charge is 0.189 e. The van der Waals surface area contributed by atoms with Gasteiger partial charge in [0.15, 0.2) is 5.78 Å². The molecule has 3 nitrogen and oxygen atoms in total. The molecule has 0 radical (unpaired) electrons. The molecule has 19 heavy (non-hydrogen) atoms. The molecule has 3 rings (SSSR count). The fourth-order valence-electron chi connectivity index (χ4n) is 2.30. The molecule has 1 heterocycles. The van der Waals surface area contributed by atoms with E-state index in [1.165, 1.54) is 0 Å². The average Bonchev–Trinajstić information content (AvgIpc) is 2.76. The Morgan fingerprint density at radius 2 is 2.21 bits per heavy atom. The van der Waals surface area contributed by atoms with Crippen LogP contribution in [0.2, 0.25) is 0 Å². The summed E-state index contributed by atoms with van der Waals surface area (Å²) in [5.74, 6) is 0.885. The molecule has 2 aromatic rings. The van der Waals surface area contributed by atoms with Crippen LogP contribution >= 0.6 is 0 Å². The topological polar surface area (TPSA) is 39.2 Å². The summed E-state index contributed by atoms with van der Waals surface area (Å²) >= 11 is 0. The lowest BCUT2D eigenvalue weighted by Crippen LogP contribution is -1.95. The summed E-state index contributed by atoms with van der Waals surface area (Å²) in [6.45, 7) is 0. The van der Waals surface area contributed by atoms with Crippen LogP contribution in [-0.2, 0) is 6.42 Å². The zero-order valence-electron chi connectivity index (χ0n) is 10.6. The first-order valence-electron chi connectivity index (χ1n) is 6.10. The molecular formula is C16H13NO2. The van der Waals surface area contributed by atoms with Gasteiger partial charge in [0.1, 0.15) is 5.75 Å². The van der Waals surface area contributed by atoms with Crippen molar-refractivity contribution in [1.29, 1.82) is 0 Å². The molecule has 1 aliphatic carbocycles. The molecule has 0 saturated heterocycles. The van der Waals surface area contributed by atoms with E-state index in [4.69, 9.17) is 4.74 Å². The van der Waals surface area contributed by atoms with Crippen molar-refractivity contribution in [2.24, 2.45) is 0 Å². The van der Waals surface area contributed by atoms with Gasteiger partial charge in [0.25, 0.3) is 0 Å². The second kappa shape index (κ2) is 4.69. The Hall–Kier alpha value is -2.42. The van der Waals surface area contributed by atoms with Crippen LogP contribution in [0.4, 0.5) is 0 Å². The van der Waals surface area contributed by atoms with Gasteiger partial charge in [0.2, 0.25) is 0 Å². The minimum atomic E-state index is 0.0986. The Morgan fingerprint density at radius 1 is 1.32 bits per heavy atom. The van der Waals surface area contributed by atoms with Crippen molar-refractivity contribution in [3.8, 4) is 5.75 Å². The number of allylic oxidation sites excluding steroid dienone is 1. The lowest BCUT2D eigenvalue weighted by atomic mass is 10.1. The van der Waals surface area contributed by atoms with E-state index in [0.717, 1.165) is 28.0 Å². The summed E-state index contributed by atoms with van der Waals surface area (Å²) in [6, 6.07) is 9.39. The van der Waals surface area contributed by atoms with Crippen molar-refractivity contribution in [2.75, 3.05) is 7.11 Å². The number of benzene rings is 1. The summed E-state index contributed by atoms with van der Waals surface area (Å²) in [5.41, 5.74) is 3.55. The van der Waals surface area contributed by atoms with Crippen LogP contribution in [0.25, 0.3) is 6.08 Å². The van der Waals surface area contributed by atoms with Crippen molar-refractivity contribution in [2.45, 2.75) is 6.42 Å². The van der Waals surface area contributed by atoms with Crippen LogP contribution in [0.3, 0.4) is 0 Å². The molecule has 1 aliphatic rings. The molecule has 0 saturated carbocycles. The normalized spacial score (nSPS) is 15.6. The number of rotatable bonds is 2. The number of carbonyl (C=O) groups is 1. The van der Waals surface area contributed by atoms with Crippen LogP contribution in [0, 0.1) is 0 Å². The van der Waals surface area contributed by atoms with Crippen molar-refractivity contribution < 1.29 is 9.53 Å². The molecule has 3 heteroatoms. The van der Waals surface area contributed by atoms with Gasteiger partial charge in [0, 0.05) is 30.0 Å². The number of ether oxygens (including phenoxy) is 1. The number of pyridine rings is 1. The van der Waals surface area contributed by atoms with E-state index < -0.39 is 0 Å². The second-order valence-electron chi connectivity index (χ2n) is 4.48. The Balaban J connectivity index is 1.97. The number of hydrogen-bond acceptors (Lipinski definition) is 3. The molecule has 1 aromatic heterocycles. The number of carbonyl (C=O) groups excluding carboxylic acids is 1. The summed E-state index contributed by atoms with van der Waals surface area (Å²) in [5, 5.41) is 0. The Kier molecular flexibility index (Phi) is 2.88. The maximum Gasteiger partial charge on any atom is 0.189 e. The standard InChI is InChI=1S/C16H13NO2/c1-19-14-4-5-15-12(9-14)8-13(16(15)18)7-11-3-2-6-17-10-11/h2-7,9-10H,8H2,1H3. The van der Waals surface area contributed by atoms with E-state index in [0.29, 0.717) is 6.42 Å². The lowest BCUT2D eigenvalue weighted by molar-refractivity contribution is 0.104. The third kappa shape index (κ3) is 2.15. The van der Waals surface area contributed by atoms with Gasteiger partial charge in [-0.25, -0.2) is 0 Å². The highest BCUT2D eigenvalue weighted by Gasteiger charge is 2.24. The van der Waals surface area contributed by atoms with Gasteiger partial charge >= 0.3 is 0 Å². The maximum atomic E-state index is 12.3. The van der Waals surface area contributed by atoms with E-state index in [1.54, 1.807) is 19.5 Å². The van der Waals surface area contributed by atoms with Crippen molar-refractivity contribution in [3.05, 3.63) is 65.0 Å². The highest BCUT2D eigenvalue weighted by Crippen LogP contribution is 2.30. The van der Waals surface area contributed by atoms with Gasteiger partial charge in [-0.05, 0) is 41.5 Å². The maximum absolute atomic E-state index is 12.3. The number of ketones is 1. The van der Waals surface area contributed by atoms with Gasteiger partial charge in [-0.15, -0.1) is 0 Å². The van der Waals surface area contributed by atoms with Crippen LogP contribution < -0.4 is 4.74 Å². The second-order valence-corrected chi connectivity index (χ2v) is 4.48. The van der Waals surface area contributed by atoms with Crippen LogP contribution in [0.15, 0.2) is 48.3 Å². The van der Waals surface area contributed by atoms with Crippen LogP contribution in [-0.4, -0.2) is 17.9 Å². The van der Waals surface area contributed by atoms with Crippen LogP contribution in [0.1, 0.15) is 21.5 Å². The Morgan fingerprint density at radius 3 is 2.95 bits per heavy atom. The van der Waals surface area contributed by atoms with Gasteiger partial charge < -0.3 is 4.74 Å². The van der Waals surface area contributed by atoms with E-state index in [2.05, 4.69) is 4.98 Å². The summed E-state index contributed by atoms with van der Waals surface area (Å²) in [6.07, 6.45) is 6.03. The molecule has 1 aromatic carbocycles. The predicted molar refractivity (Wildman–Crippen MR) is 73.2 cm³/mol. The summed E-state index contributed by atoms with van der Waals surface area (Å²) in [7, 11) is 1.63. The van der Waals surface area contributed by atoms with Gasteiger partial charge in [-0.2, -0.15) is 0 Å². The van der Waals surface area contributed by atoms with E-state index in [9.17, 15) is 4.79 Å². The number of Topliss-reactive ketones (excluding diaryl/α,β-unsaturated/α-hetero) is 1. The number of fused-ring (bicyclic) bond motifs is 1. The third-order valence-corrected chi connectivity index (χ3v) is 3.25. The molecule has 0 atom stereocenters. The Labute approximate surface area is 111 Å². The first kappa shape index (κ1) is 11.7. The number of hydrogen-bond donors (Lipinski definition) is 0. The van der Waals surface area contributed by atoms with E-state index in [-0.39, 0.29) is 5.78 Å². The number of nitrogens with zero attached hydrogens (tertiary/aromatic N) is 1. The number of aromatic nitrogens is 1. The highest BCUT2D eigenvalue weighted by molar-refractivity contribution is 6.15. The molecule has 0 bridgehead atoms. The molecule has 0 fully saturated rings. The molecule has 0 spiro atoms. The first-order valence-corrected chi connectivity index (χ1v) is 6.10. The third-order valence-electron chi connectivity index (χ3n) is 3.25. The minimum Gasteiger partial charge on any atom is -0.497 e. The zero-order chi connectivity index (χ0) is 13.2. The highest BCUT2D eigenvalue weighted by atomic mass is 16.5. The molecule has 94 valence electrons. The summed E-state index contributed by atoms with van der Waals surface area (Å²) < 4.78 is 5.19. The van der Waals surface area contributed by atoms with Gasteiger partial charge in [0.05, 0.1) is 7.11 Å².